The molecule has 0 unspecified atom stereocenters. The predicted octanol–water partition coefficient (Wildman–Crippen LogP) is 0.151. The molecule has 0 aliphatic heterocycles. The van der Waals surface area contributed by atoms with Crippen LogP contribution in [-0.2, 0) is 11.2 Å². The van der Waals surface area contributed by atoms with Crippen LogP contribution in [0.1, 0.15) is 21.6 Å². The van der Waals surface area contributed by atoms with Crippen LogP contribution in [0.3, 0.4) is 0 Å². The molecule has 0 saturated carbocycles. The van der Waals surface area contributed by atoms with E-state index in [0.717, 1.165) is 11.6 Å². The summed E-state index contributed by atoms with van der Waals surface area (Å²) in [4.78, 5) is 36.1. The molecule has 0 aliphatic carbocycles. The highest BCUT2D eigenvalue weighted by atomic mass is 16.5. The molecule has 1 heterocycles. The zero-order chi connectivity index (χ0) is 14.7. The lowest BCUT2D eigenvalue weighted by Gasteiger charge is -2.04. The lowest BCUT2D eigenvalue weighted by atomic mass is 10.1. The lowest BCUT2D eigenvalue weighted by Crippen LogP contribution is -2.33. The van der Waals surface area contributed by atoms with E-state index in [-0.39, 0.29) is 4.73 Å². The third-order valence-electron chi connectivity index (χ3n) is 2.74. The second-order valence-electron chi connectivity index (χ2n) is 4.12. The van der Waals surface area contributed by atoms with Crippen LogP contribution in [0.15, 0.2) is 39.9 Å². The van der Waals surface area contributed by atoms with Crippen molar-refractivity contribution < 1.29 is 14.7 Å². The van der Waals surface area contributed by atoms with Gasteiger partial charge >= 0.3 is 11.7 Å². The second-order valence-corrected chi connectivity index (χ2v) is 4.12. The Hall–Kier alpha value is -2.83. The molecule has 1 aromatic carbocycles. The Morgan fingerprint density at radius 2 is 1.95 bits per heavy atom. The second kappa shape index (κ2) is 5.43. The number of nitrogens with zero attached hydrogens (tertiary/aromatic N) is 1. The first-order chi connectivity index (χ1) is 9.51. The fourth-order valence-electron chi connectivity index (χ4n) is 1.73. The minimum atomic E-state index is -0.890. The molecule has 0 spiro atoms. The Kier molecular flexibility index (Phi) is 3.69. The molecule has 2 aromatic rings. The quantitative estimate of drug-likeness (QED) is 0.614. The predicted molar refractivity (Wildman–Crippen MR) is 69.1 cm³/mol. The van der Waals surface area contributed by atoms with Gasteiger partial charge in [-0.2, -0.15) is 0 Å². The molecule has 104 valence electrons. The van der Waals surface area contributed by atoms with Gasteiger partial charge in [-0.3, -0.25) is 4.79 Å². The molecule has 2 rings (SSSR count). The summed E-state index contributed by atoms with van der Waals surface area (Å²) in [5, 5.41) is 9.03. The van der Waals surface area contributed by atoms with Crippen LogP contribution in [0, 0.1) is 0 Å². The standard InChI is InChI=1S/C13H12N2O5/c1-20-12(17)9-4-2-8(3-5-9)6-10-7-11(16)15(19)13(18)14-10/h2-5,7,19H,6H2,1H3,(H,14,18). The maximum Gasteiger partial charge on any atom is 0.362 e. The van der Waals surface area contributed by atoms with Crippen molar-refractivity contribution in [3.8, 4) is 0 Å². The number of hydrogen-bond acceptors (Lipinski definition) is 5. The van der Waals surface area contributed by atoms with E-state index in [2.05, 4.69) is 9.72 Å². The molecular formula is C13H12N2O5. The van der Waals surface area contributed by atoms with Crippen molar-refractivity contribution >= 4 is 5.97 Å². The summed E-state index contributed by atoms with van der Waals surface area (Å²) in [5.41, 5.74) is -0.108. The molecule has 2 N–H and O–H groups in total. The number of aromatic nitrogens is 2. The number of esters is 1. The van der Waals surface area contributed by atoms with Crippen LogP contribution in [0.2, 0.25) is 0 Å². The zero-order valence-electron chi connectivity index (χ0n) is 10.6. The molecule has 0 atom stereocenters. The van der Waals surface area contributed by atoms with E-state index in [0.29, 0.717) is 17.7 Å². The van der Waals surface area contributed by atoms with Gasteiger partial charge in [0.1, 0.15) is 0 Å². The van der Waals surface area contributed by atoms with E-state index in [1.54, 1.807) is 24.3 Å². The summed E-state index contributed by atoms with van der Waals surface area (Å²) in [6.45, 7) is 0. The number of benzene rings is 1. The highest BCUT2D eigenvalue weighted by Crippen LogP contribution is 2.08. The van der Waals surface area contributed by atoms with Gasteiger partial charge in [0.25, 0.3) is 5.56 Å². The summed E-state index contributed by atoms with van der Waals surface area (Å²) < 4.78 is 4.58. The molecule has 7 nitrogen and oxygen atoms in total. The van der Waals surface area contributed by atoms with Crippen LogP contribution in [0.4, 0.5) is 0 Å². The summed E-state index contributed by atoms with van der Waals surface area (Å²) in [7, 11) is 1.30. The third-order valence-corrected chi connectivity index (χ3v) is 2.74. The third kappa shape index (κ3) is 2.77. The number of aromatic amines is 1. The Morgan fingerprint density at radius 3 is 2.50 bits per heavy atom. The fraction of sp³-hybridized carbons (Fsp3) is 0.154. The minimum Gasteiger partial charge on any atom is -0.465 e. The van der Waals surface area contributed by atoms with Crippen molar-refractivity contribution in [1.29, 1.82) is 0 Å². The molecule has 7 heteroatoms. The number of nitrogens with one attached hydrogen (secondary N) is 1. The molecule has 0 fully saturated rings. The smallest absolute Gasteiger partial charge is 0.362 e. The van der Waals surface area contributed by atoms with Crippen LogP contribution in [0.25, 0.3) is 0 Å². The largest absolute Gasteiger partial charge is 0.465 e. The van der Waals surface area contributed by atoms with Crippen molar-refractivity contribution in [3.63, 3.8) is 0 Å². The summed E-state index contributed by atoms with van der Waals surface area (Å²) >= 11 is 0. The van der Waals surface area contributed by atoms with Gasteiger partial charge in [0.15, 0.2) is 0 Å². The fourth-order valence-corrected chi connectivity index (χ4v) is 1.73. The molecule has 0 radical (unpaired) electrons. The van der Waals surface area contributed by atoms with Gasteiger partial charge in [0.2, 0.25) is 0 Å². The average molecular weight is 276 g/mol. The van der Waals surface area contributed by atoms with Gasteiger partial charge < -0.3 is 14.9 Å². The Morgan fingerprint density at radius 1 is 1.30 bits per heavy atom. The van der Waals surface area contributed by atoms with Gasteiger partial charge in [-0.05, 0) is 17.7 Å². The van der Waals surface area contributed by atoms with E-state index in [1.165, 1.54) is 7.11 Å². The summed E-state index contributed by atoms with van der Waals surface area (Å²) in [6, 6.07) is 7.69. The van der Waals surface area contributed by atoms with E-state index in [4.69, 9.17) is 5.21 Å². The molecule has 0 aliphatic rings. The van der Waals surface area contributed by atoms with Crippen LogP contribution in [-0.4, -0.2) is 28.0 Å². The first kappa shape index (κ1) is 13.6. The number of methoxy groups -OCH3 is 1. The molecule has 0 bridgehead atoms. The van der Waals surface area contributed by atoms with Crippen LogP contribution < -0.4 is 11.2 Å². The van der Waals surface area contributed by atoms with Crippen molar-refractivity contribution in [1.82, 2.24) is 9.71 Å². The molecule has 1 aromatic heterocycles. The van der Waals surface area contributed by atoms with Gasteiger partial charge in [-0.25, -0.2) is 9.59 Å². The van der Waals surface area contributed by atoms with Crippen molar-refractivity contribution in [3.05, 3.63) is 68.0 Å². The Bertz CT molecular complexity index is 711. The molecule has 0 amide bonds. The minimum absolute atomic E-state index is 0.00382. The summed E-state index contributed by atoms with van der Waals surface area (Å²) in [5.74, 6) is -0.437. The van der Waals surface area contributed by atoms with Crippen LogP contribution >= 0.6 is 0 Å². The SMILES string of the molecule is COC(=O)c1ccc(Cc2cc(=O)n(O)c(=O)[nH]2)cc1. The number of ether oxygens (including phenoxy) is 1. The van der Waals surface area contributed by atoms with Crippen molar-refractivity contribution in [2.24, 2.45) is 0 Å². The maximum absolute atomic E-state index is 11.3. The number of carbonyl (C=O) groups excluding carboxylic acids is 1. The van der Waals surface area contributed by atoms with E-state index in [9.17, 15) is 14.4 Å². The van der Waals surface area contributed by atoms with E-state index >= 15 is 0 Å². The first-order valence-electron chi connectivity index (χ1n) is 5.73. The topological polar surface area (TPSA) is 101 Å². The molecule has 20 heavy (non-hydrogen) atoms. The number of H-pyrrole nitrogens is 1. The molecule has 0 saturated heterocycles. The Labute approximate surface area is 113 Å². The zero-order valence-corrected chi connectivity index (χ0v) is 10.6. The van der Waals surface area contributed by atoms with E-state index < -0.39 is 17.2 Å². The average Bonchev–Trinajstić information content (AvgIpc) is 2.44. The normalized spacial score (nSPS) is 10.2. The highest BCUT2D eigenvalue weighted by molar-refractivity contribution is 5.89. The molecular weight excluding hydrogens is 264 g/mol. The van der Waals surface area contributed by atoms with Gasteiger partial charge in [0.05, 0.1) is 12.7 Å². The highest BCUT2D eigenvalue weighted by Gasteiger charge is 2.06. The van der Waals surface area contributed by atoms with Crippen molar-refractivity contribution in [2.45, 2.75) is 6.42 Å². The first-order valence-corrected chi connectivity index (χ1v) is 5.73. The lowest BCUT2D eigenvalue weighted by molar-refractivity contribution is 0.0600. The monoisotopic (exact) mass is 276 g/mol. The number of carbonyl (C=O) groups is 1. The Balaban J connectivity index is 2.25. The maximum atomic E-state index is 11.3. The van der Waals surface area contributed by atoms with Gasteiger partial charge in [-0.15, -0.1) is 0 Å². The number of hydrogen-bond donors (Lipinski definition) is 2. The number of rotatable bonds is 3. The van der Waals surface area contributed by atoms with Crippen LogP contribution in [0.5, 0.6) is 0 Å². The van der Waals surface area contributed by atoms with Crippen molar-refractivity contribution in [2.75, 3.05) is 7.11 Å². The van der Waals surface area contributed by atoms with Gasteiger partial charge in [-0.1, -0.05) is 16.9 Å². The van der Waals surface area contributed by atoms with Gasteiger partial charge in [0, 0.05) is 18.2 Å². The van der Waals surface area contributed by atoms with E-state index in [1.807, 2.05) is 0 Å². The summed E-state index contributed by atoms with van der Waals surface area (Å²) in [6.07, 6.45) is 0.298.